The van der Waals surface area contributed by atoms with E-state index < -0.39 is 18.4 Å². The fraction of sp³-hybridized carbons (Fsp3) is 0.238. The number of amides is 1. The molecule has 0 aliphatic heterocycles. The second kappa shape index (κ2) is 7.94. The number of hydrogen-bond acceptors (Lipinski definition) is 5. The Morgan fingerprint density at radius 1 is 0.929 bits per heavy atom. The predicted octanol–water partition coefficient (Wildman–Crippen LogP) is 3.14. The number of ketones is 2. The summed E-state index contributed by atoms with van der Waals surface area (Å²) in [5.74, 6) is -1.91. The molecule has 0 atom stereocenters. The molecule has 2 aromatic carbocycles. The van der Waals surface area contributed by atoms with Gasteiger partial charge in [-0.25, -0.2) is 4.79 Å². The van der Waals surface area contributed by atoms with Crippen LogP contribution in [0.1, 0.15) is 56.0 Å². The monoisotopic (exact) mass is 399 g/mol. The van der Waals surface area contributed by atoms with E-state index in [2.05, 4.69) is 0 Å². The second-order valence-electron chi connectivity index (χ2n) is 6.20. The molecule has 0 N–H and O–H groups in total. The SMILES string of the molecule is CCN(CC)C(=O)COC(=O)c1ccc2c(c1Cl)C(=O)c1ccccc1C2=O. The van der Waals surface area contributed by atoms with Gasteiger partial charge in [0.15, 0.2) is 18.2 Å². The Bertz CT molecular complexity index is 994. The largest absolute Gasteiger partial charge is 0.452 e. The molecule has 0 unspecified atom stereocenters. The molecule has 0 saturated carbocycles. The molecule has 0 heterocycles. The van der Waals surface area contributed by atoms with E-state index in [-0.39, 0.29) is 39.0 Å². The van der Waals surface area contributed by atoms with E-state index in [0.29, 0.717) is 18.7 Å². The molecular formula is C21H18ClNO5. The van der Waals surface area contributed by atoms with Crippen LogP contribution in [-0.4, -0.2) is 48.0 Å². The fourth-order valence-electron chi connectivity index (χ4n) is 3.18. The second-order valence-corrected chi connectivity index (χ2v) is 6.57. The summed E-state index contributed by atoms with van der Waals surface area (Å²) >= 11 is 6.31. The number of halogens is 1. The van der Waals surface area contributed by atoms with Crippen LogP contribution < -0.4 is 0 Å². The van der Waals surface area contributed by atoms with E-state index in [4.69, 9.17) is 16.3 Å². The van der Waals surface area contributed by atoms with Gasteiger partial charge in [-0.15, -0.1) is 0 Å². The van der Waals surface area contributed by atoms with E-state index >= 15 is 0 Å². The Morgan fingerprint density at radius 2 is 1.54 bits per heavy atom. The van der Waals surface area contributed by atoms with Crippen molar-refractivity contribution in [2.45, 2.75) is 13.8 Å². The van der Waals surface area contributed by atoms with Gasteiger partial charge in [-0.2, -0.15) is 0 Å². The van der Waals surface area contributed by atoms with E-state index in [1.54, 1.807) is 24.3 Å². The highest BCUT2D eigenvalue weighted by molar-refractivity contribution is 6.41. The maximum atomic E-state index is 12.8. The molecule has 6 nitrogen and oxygen atoms in total. The van der Waals surface area contributed by atoms with Gasteiger partial charge in [-0.1, -0.05) is 35.9 Å². The number of hydrogen-bond donors (Lipinski definition) is 0. The number of likely N-dealkylation sites (N-methyl/N-ethyl adjacent to an activating group) is 1. The third-order valence-corrected chi connectivity index (χ3v) is 5.09. The number of ether oxygens (including phenoxy) is 1. The molecule has 0 bridgehead atoms. The molecule has 1 amide bonds. The average Bonchev–Trinajstić information content (AvgIpc) is 2.71. The summed E-state index contributed by atoms with van der Waals surface area (Å²) in [5, 5.41) is -0.148. The van der Waals surface area contributed by atoms with Crippen LogP contribution >= 0.6 is 11.6 Å². The van der Waals surface area contributed by atoms with Crippen LogP contribution in [0.2, 0.25) is 5.02 Å². The van der Waals surface area contributed by atoms with Gasteiger partial charge in [0.05, 0.1) is 16.1 Å². The first kappa shape index (κ1) is 19.8. The van der Waals surface area contributed by atoms with E-state index in [9.17, 15) is 19.2 Å². The van der Waals surface area contributed by atoms with Gasteiger partial charge < -0.3 is 9.64 Å². The number of esters is 1. The van der Waals surface area contributed by atoms with Gasteiger partial charge in [0, 0.05) is 29.8 Å². The number of benzene rings is 2. The van der Waals surface area contributed by atoms with Crippen molar-refractivity contribution in [1.82, 2.24) is 4.90 Å². The Hall–Kier alpha value is -2.99. The summed E-state index contributed by atoms with van der Waals surface area (Å²) in [6, 6.07) is 9.18. The standard InChI is InChI=1S/C21H18ClNO5/c1-3-23(4-2)16(24)11-28-21(27)15-10-9-14-17(18(15)22)20(26)13-8-6-5-7-12(13)19(14)25/h5-10H,3-4,11H2,1-2H3. The average molecular weight is 400 g/mol. The highest BCUT2D eigenvalue weighted by Crippen LogP contribution is 2.34. The number of carbonyl (C=O) groups is 4. The van der Waals surface area contributed by atoms with Crippen LogP contribution in [0.15, 0.2) is 36.4 Å². The quantitative estimate of drug-likeness (QED) is 0.616. The summed E-state index contributed by atoms with van der Waals surface area (Å²) in [7, 11) is 0. The van der Waals surface area contributed by atoms with E-state index in [1.807, 2.05) is 13.8 Å². The molecule has 1 aliphatic carbocycles. The zero-order valence-corrected chi connectivity index (χ0v) is 16.2. The smallest absolute Gasteiger partial charge is 0.340 e. The van der Waals surface area contributed by atoms with Gasteiger partial charge >= 0.3 is 5.97 Å². The Labute approximate surface area is 167 Å². The van der Waals surface area contributed by atoms with E-state index in [0.717, 1.165) is 0 Å². The van der Waals surface area contributed by atoms with Crippen molar-refractivity contribution < 1.29 is 23.9 Å². The Morgan fingerprint density at radius 3 is 2.14 bits per heavy atom. The van der Waals surface area contributed by atoms with Crippen molar-refractivity contribution in [2.75, 3.05) is 19.7 Å². The molecule has 28 heavy (non-hydrogen) atoms. The summed E-state index contributed by atoms with van der Waals surface area (Å²) < 4.78 is 5.07. The topological polar surface area (TPSA) is 80.8 Å². The van der Waals surface area contributed by atoms with Crippen molar-refractivity contribution >= 4 is 35.0 Å². The van der Waals surface area contributed by atoms with Gasteiger partial charge in [0.25, 0.3) is 5.91 Å². The lowest BCUT2D eigenvalue weighted by molar-refractivity contribution is -0.134. The Balaban J connectivity index is 1.90. The van der Waals surface area contributed by atoms with Crippen molar-refractivity contribution in [3.63, 3.8) is 0 Å². The van der Waals surface area contributed by atoms with Gasteiger partial charge in [-0.05, 0) is 26.0 Å². The Kier molecular flexibility index (Phi) is 5.61. The molecule has 0 aromatic heterocycles. The molecule has 0 spiro atoms. The third-order valence-electron chi connectivity index (χ3n) is 4.69. The highest BCUT2D eigenvalue weighted by atomic mass is 35.5. The third kappa shape index (κ3) is 3.31. The maximum absolute atomic E-state index is 12.8. The molecule has 144 valence electrons. The minimum Gasteiger partial charge on any atom is -0.452 e. The van der Waals surface area contributed by atoms with Crippen LogP contribution in [0.4, 0.5) is 0 Å². The van der Waals surface area contributed by atoms with Gasteiger partial charge in [0.1, 0.15) is 0 Å². The highest BCUT2D eigenvalue weighted by Gasteiger charge is 2.33. The zero-order valence-electron chi connectivity index (χ0n) is 15.5. The van der Waals surface area contributed by atoms with Crippen LogP contribution in [-0.2, 0) is 9.53 Å². The van der Waals surface area contributed by atoms with Crippen LogP contribution in [0.5, 0.6) is 0 Å². The molecule has 3 rings (SSSR count). The van der Waals surface area contributed by atoms with Gasteiger partial charge in [0.2, 0.25) is 0 Å². The minimum absolute atomic E-state index is 0.0186. The predicted molar refractivity (Wildman–Crippen MR) is 103 cm³/mol. The summed E-state index contributed by atoms with van der Waals surface area (Å²) in [6.45, 7) is 4.22. The molecule has 0 saturated heterocycles. The molecule has 7 heteroatoms. The molecule has 1 aliphatic rings. The number of rotatable bonds is 5. The molecule has 0 radical (unpaired) electrons. The number of nitrogens with zero attached hydrogens (tertiary/aromatic N) is 1. The first-order valence-corrected chi connectivity index (χ1v) is 9.24. The summed E-state index contributed by atoms with van der Waals surface area (Å²) in [6.07, 6.45) is 0. The maximum Gasteiger partial charge on any atom is 0.340 e. The normalized spacial score (nSPS) is 12.2. The van der Waals surface area contributed by atoms with Crippen LogP contribution in [0.25, 0.3) is 0 Å². The number of fused-ring (bicyclic) bond motifs is 2. The van der Waals surface area contributed by atoms with Crippen molar-refractivity contribution in [2.24, 2.45) is 0 Å². The molecule has 2 aromatic rings. The van der Waals surface area contributed by atoms with E-state index in [1.165, 1.54) is 17.0 Å². The summed E-state index contributed by atoms with van der Waals surface area (Å²) in [4.78, 5) is 51.5. The van der Waals surface area contributed by atoms with Gasteiger partial charge in [-0.3, -0.25) is 14.4 Å². The molecule has 0 fully saturated rings. The fourth-order valence-corrected chi connectivity index (χ4v) is 3.50. The van der Waals surface area contributed by atoms with Crippen molar-refractivity contribution in [1.29, 1.82) is 0 Å². The van der Waals surface area contributed by atoms with Crippen molar-refractivity contribution in [3.8, 4) is 0 Å². The zero-order chi connectivity index (χ0) is 20.4. The minimum atomic E-state index is -0.826. The summed E-state index contributed by atoms with van der Waals surface area (Å²) in [5.41, 5.74) is 0.605. The lowest BCUT2D eigenvalue weighted by atomic mass is 9.83. The molecular weight excluding hydrogens is 382 g/mol. The first-order valence-electron chi connectivity index (χ1n) is 8.86. The lowest BCUT2D eigenvalue weighted by Crippen LogP contribution is -2.34. The van der Waals surface area contributed by atoms with Crippen molar-refractivity contribution in [3.05, 3.63) is 69.2 Å². The van der Waals surface area contributed by atoms with Crippen LogP contribution in [0.3, 0.4) is 0 Å². The number of carbonyl (C=O) groups excluding carboxylic acids is 4. The van der Waals surface area contributed by atoms with Crippen LogP contribution in [0, 0.1) is 0 Å². The lowest BCUT2D eigenvalue weighted by Gasteiger charge is -2.20. The first-order chi connectivity index (χ1) is 13.4.